The molecule has 2 aromatic heterocycles. The van der Waals surface area contributed by atoms with Gasteiger partial charge >= 0.3 is 6.18 Å². The number of halogens is 3. The molecule has 0 amide bonds. The van der Waals surface area contributed by atoms with E-state index in [9.17, 15) is 13.2 Å². The molecule has 8 heteroatoms. The number of alkyl halides is 3. The standard InChI is InChI=1S/C19H20F3N3S2/c1-3-4-9-26-17-7-8-23-16(12(17)2)11-27-18-24-14-6-5-13(19(20,21)22)10-15(14)25-18/h5-8,10H,3-4,9,11H2,1-2H3,(H,24,25). The van der Waals surface area contributed by atoms with Gasteiger partial charge in [0, 0.05) is 16.8 Å². The maximum Gasteiger partial charge on any atom is 0.416 e. The van der Waals surface area contributed by atoms with E-state index >= 15 is 0 Å². The number of pyridine rings is 1. The van der Waals surface area contributed by atoms with E-state index in [0.717, 1.165) is 29.1 Å². The minimum Gasteiger partial charge on any atom is -0.333 e. The minimum atomic E-state index is -4.36. The number of nitrogens with one attached hydrogen (secondary N) is 1. The molecule has 0 spiro atoms. The van der Waals surface area contributed by atoms with Crippen molar-refractivity contribution in [1.82, 2.24) is 15.0 Å². The van der Waals surface area contributed by atoms with Gasteiger partial charge in [-0.15, -0.1) is 11.8 Å². The van der Waals surface area contributed by atoms with Crippen LogP contribution in [-0.2, 0) is 11.9 Å². The van der Waals surface area contributed by atoms with Gasteiger partial charge in [0.25, 0.3) is 0 Å². The predicted molar refractivity (Wildman–Crippen MR) is 105 cm³/mol. The number of thioether (sulfide) groups is 2. The highest BCUT2D eigenvalue weighted by atomic mass is 32.2. The van der Waals surface area contributed by atoms with E-state index < -0.39 is 11.7 Å². The van der Waals surface area contributed by atoms with Gasteiger partial charge in [-0.3, -0.25) is 4.98 Å². The molecule has 0 radical (unpaired) electrons. The molecule has 0 saturated heterocycles. The molecule has 0 unspecified atom stereocenters. The first-order valence-electron chi connectivity index (χ1n) is 8.65. The number of H-pyrrole nitrogens is 1. The van der Waals surface area contributed by atoms with Crippen molar-refractivity contribution in [2.45, 2.75) is 48.7 Å². The maximum atomic E-state index is 12.8. The van der Waals surface area contributed by atoms with E-state index in [1.54, 1.807) is 0 Å². The molecular weight excluding hydrogens is 391 g/mol. The fraction of sp³-hybridized carbons (Fsp3) is 0.368. The van der Waals surface area contributed by atoms with Gasteiger partial charge in [-0.25, -0.2) is 4.98 Å². The van der Waals surface area contributed by atoms with E-state index in [4.69, 9.17) is 0 Å². The van der Waals surface area contributed by atoms with Crippen LogP contribution in [0.1, 0.15) is 36.6 Å². The molecule has 3 rings (SSSR count). The highest BCUT2D eigenvalue weighted by molar-refractivity contribution is 7.99. The number of fused-ring (bicyclic) bond motifs is 1. The molecule has 0 aliphatic rings. The van der Waals surface area contributed by atoms with Crippen molar-refractivity contribution in [3.05, 3.63) is 47.3 Å². The lowest BCUT2D eigenvalue weighted by Crippen LogP contribution is -2.04. The van der Waals surface area contributed by atoms with Crippen LogP contribution in [0.15, 0.2) is 40.5 Å². The van der Waals surface area contributed by atoms with E-state index in [-0.39, 0.29) is 0 Å². The Bertz CT molecular complexity index is 922. The normalized spacial score (nSPS) is 12.0. The van der Waals surface area contributed by atoms with E-state index in [0.29, 0.717) is 21.9 Å². The first kappa shape index (κ1) is 20.1. The highest BCUT2D eigenvalue weighted by Gasteiger charge is 2.30. The summed E-state index contributed by atoms with van der Waals surface area (Å²) < 4.78 is 38.5. The Balaban J connectivity index is 1.72. The van der Waals surface area contributed by atoms with Crippen molar-refractivity contribution in [1.29, 1.82) is 0 Å². The number of rotatable bonds is 7. The first-order chi connectivity index (χ1) is 12.9. The van der Waals surface area contributed by atoms with Gasteiger partial charge in [-0.1, -0.05) is 25.1 Å². The van der Waals surface area contributed by atoms with Gasteiger partial charge in [0.1, 0.15) is 0 Å². The van der Waals surface area contributed by atoms with Gasteiger partial charge in [-0.05, 0) is 48.9 Å². The summed E-state index contributed by atoms with van der Waals surface area (Å²) in [5, 5.41) is 0.592. The minimum absolute atomic E-state index is 0.390. The lowest BCUT2D eigenvalue weighted by atomic mass is 10.2. The monoisotopic (exact) mass is 411 g/mol. The molecule has 144 valence electrons. The Kier molecular flexibility index (Phi) is 6.37. The number of benzene rings is 1. The summed E-state index contributed by atoms with van der Waals surface area (Å²) in [7, 11) is 0. The van der Waals surface area contributed by atoms with E-state index in [1.165, 1.54) is 35.6 Å². The zero-order chi connectivity index (χ0) is 19.4. The second-order valence-electron chi connectivity index (χ2n) is 6.14. The number of hydrogen-bond donors (Lipinski definition) is 1. The van der Waals surface area contributed by atoms with Crippen LogP contribution in [0.5, 0.6) is 0 Å². The summed E-state index contributed by atoms with van der Waals surface area (Å²) in [6.07, 6.45) is -0.202. The van der Waals surface area contributed by atoms with Crippen molar-refractivity contribution >= 4 is 34.6 Å². The van der Waals surface area contributed by atoms with Crippen LogP contribution in [-0.4, -0.2) is 20.7 Å². The molecule has 0 atom stereocenters. The van der Waals surface area contributed by atoms with Crippen LogP contribution in [0.4, 0.5) is 13.2 Å². The lowest BCUT2D eigenvalue weighted by molar-refractivity contribution is -0.137. The number of imidazole rings is 1. The van der Waals surface area contributed by atoms with Crippen molar-refractivity contribution in [2.24, 2.45) is 0 Å². The quantitative estimate of drug-likeness (QED) is 0.357. The number of unbranched alkanes of at least 4 members (excludes halogenated alkanes) is 1. The molecule has 0 aliphatic heterocycles. The molecule has 3 aromatic rings. The largest absolute Gasteiger partial charge is 0.416 e. The molecule has 2 heterocycles. The summed E-state index contributed by atoms with van der Waals surface area (Å²) in [5.41, 5.74) is 2.36. The van der Waals surface area contributed by atoms with Crippen LogP contribution in [0, 0.1) is 6.92 Å². The zero-order valence-electron chi connectivity index (χ0n) is 15.1. The maximum absolute atomic E-state index is 12.8. The number of hydrogen-bond acceptors (Lipinski definition) is 4. The van der Waals surface area contributed by atoms with Crippen molar-refractivity contribution in [3.63, 3.8) is 0 Å². The van der Waals surface area contributed by atoms with E-state index in [2.05, 4.69) is 28.8 Å². The molecule has 0 bridgehead atoms. The Morgan fingerprint density at radius 1 is 1.15 bits per heavy atom. The SMILES string of the molecule is CCCCSc1ccnc(CSc2nc3ccc(C(F)(F)F)cc3[nH]2)c1C. The number of aromatic amines is 1. The summed E-state index contributed by atoms with van der Waals surface area (Å²) in [6, 6.07) is 5.58. The summed E-state index contributed by atoms with van der Waals surface area (Å²) in [6.45, 7) is 4.23. The zero-order valence-corrected chi connectivity index (χ0v) is 16.7. The molecule has 1 N–H and O–H groups in total. The second kappa shape index (κ2) is 8.56. The molecule has 0 fully saturated rings. The molecular formula is C19H20F3N3S2. The van der Waals surface area contributed by atoms with Crippen molar-refractivity contribution in [3.8, 4) is 0 Å². The topological polar surface area (TPSA) is 41.6 Å². The highest BCUT2D eigenvalue weighted by Crippen LogP contribution is 2.32. The van der Waals surface area contributed by atoms with Crippen molar-refractivity contribution in [2.75, 3.05) is 5.75 Å². The Hall–Kier alpha value is -1.67. The molecule has 3 nitrogen and oxygen atoms in total. The third-order valence-electron chi connectivity index (χ3n) is 4.15. The smallest absolute Gasteiger partial charge is 0.333 e. The van der Waals surface area contributed by atoms with Gasteiger partial charge in [0.15, 0.2) is 5.16 Å². The Morgan fingerprint density at radius 2 is 1.96 bits per heavy atom. The van der Waals surface area contributed by atoms with Crippen LogP contribution in [0.3, 0.4) is 0 Å². The predicted octanol–water partition coefficient (Wildman–Crippen LogP) is 6.47. The third-order valence-corrected chi connectivity index (χ3v) is 6.28. The molecule has 0 aliphatic carbocycles. The summed E-state index contributed by atoms with van der Waals surface area (Å²) in [5.74, 6) is 1.69. The Morgan fingerprint density at radius 3 is 2.70 bits per heavy atom. The second-order valence-corrected chi connectivity index (χ2v) is 8.24. The fourth-order valence-corrected chi connectivity index (χ4v) is 4.61. The van der Waals surface area contributed by atoms with Crippen LogP contribution in [0.25, 0.3) is 11.0 Å². The number of nitrogens with zero attached hydrogens (tertiary/aromatic N) is 2. The fourth-order valence-electron chi connectivity index (χ4n) is 2.55. The van der Waals surface area contributed by atoms with Crippen molar-refractivity contribution < 1.29 is 13.2 Å². The van der Waals surface area contributed by atoms with E-state index in [1.807, 2.05) is 24.0 Å². The molecule has 1 aromatic carbocycles. The average molecular weight is 412 g/mol. The Labute approximate surface area is 164 Å². The van der Waals surface area contributed by atoms with Gasteiger partial charge < -0.3 is 4.98 Å². The van der Waals surface area contributed by atoms with Crippen LogP contribution < -0.4 is 0 Å². The summed E-state index contributed by atoms with van der Waals surface area (Å²) >= 11 is 3.28. The first-order valence-corrected chi connectivity index (χ1v) is 10.6. The average Bonchev–Trinajstić information content (AvgIpc) is 3.03. The molecule has 27 heavy (non-hydrogen) atoms. The van der Waals surface area contributed by atoms with Crippen LogP contribution in [0.2, 0.25) is 0 Å². The third kappa shape index (κ3) is 4.99. The lowest BCUT2D eigenvalue weighted by Gasteiger charge is -2.09. The molecule has 0 saturated carbocycles. The van der Waals surface area contributed by atoms with Crippen LogP contribution >= 0.6 is 23.5 Å². The number of aromatic nitrogens is 3. The van der Waals surface area contributed by atoms with Gasteiger partial charge in [0.05, 0.1) is 22.3 Å². The summed E-state index contributed by atoms with van der Waals surface area (Å²) in [4.78, 5) is 13.0. The van der Waals surface area contributed by atoms with Gasteiger partial charge in [0.2, 0.25) is 0 Å². The van der Waals surface area contributed by atoms with Gasteiger partial charge in [-0.2, -0.15) is 13.2 Å².